The molecule has 62 valence electrons. The van der Waals surface area contributed by atoms with Crippen LogP contribution in [-0.4, -0.2) is 36.5 Å². The molecule has 3 heteroatoms. The third kappa shape index (κ3) is 1.32. The molecule has 1 saturated heterocycles. The van der Waals surface area contributed by atoms with Gasteiger partial charge in [-0.1, -0.05) is 0 Å². The third-order valence-corrected chi connectivity index (χ3v) is 2.35. The maximum Gasteiger partial charge on any atom is 0.194 e. The van der Waals surface area contributed by atoms with Crippen LogP contribution >= 0.6 is 0 Å². The van der Waals surface area contributed by atoms with E-state index in [9.17, 15) is 0 Å². The second kappa shape index (κ2) is 2.72. The van der Waals surface area contributed by atoms with Gasteiger partial charge in [0.25, 0.3) is 0 Å². The molecule has 1 atom stereocenters. The van der Waals surface area contributed by atoms with Crippen molar-refractivity contribution in [2.24, 2.45) is 4.99 Å². The van der Waals surface area contributed by atoms with Crippen molar-refractivity contribution in [2.75, 3.05) is 19.6 Å². The summed E-state index contributed by atoms with van der Waals surface area (Å²) in [5.41, 5.74) is 0. The summed E-state index contributed by atoms with van der Waals surface area (Å²) in [7, 11) is 0. The van der Waals surface area contributed by atoms with Crippen molar-refractivity contribution in [1.82, 2.24) is 10.2 Å². The number of hydrogen-bond donors (Lipinski definition) is 1. The maximum atomic E-state index is 4.43. The lowest BCUT2D eigenvalue weighted by atomic mass is 10.1. The van der Waals surface area contributed by atoms with Crippen LogP contribution in [0.2, 0.25) is 0 Å². The molecule has 0 aliphatic carbocycles. The zero-order valence-electron chi connectivity index (χ0n) is 7.01. The van der Waals surface area contributed by atoms with E-state index in [1.165, 1.54) is 25.9 Å². The van der Waals surface area contributed by atoms with Crippen LogP contribution in [0.3, 0.4) is 0 Å². The quantitative estimate of drug-likeness (QED) is 0.546. The van der Waals surface area contributed by atoms with Gasteiger partial charge in [0, 0.05) is 25.7 Å². The van der Waals surface area contributed by atoms with E-state index in [-0.39, 0.29) is 0 Å². The van der Waals surface area contributed by atoms with E-state index in [0.29, 0.717) is 6.04 Å². The topological polar surface area (TPSA) is 27.6 Å². The van der Waals surface area contributed by atoms with Crippen molar-refractivity contribution in [1.29, 1.82) is 0 Å². The molecule has 3 nitrogen and oxygen atoms in total. The minimum absolute atomic E-state index is 0.614. The Bertz CT molecular complexity index is 176. The van der Waals surface area contributed by atoms with E-state index in [0.717, 1.165) is 12.5 Å². The first-order chi connectivity index (χ1) is 5.36. The fraction of sp³-hybridized carbons (Fsp3) is 0.875. The molecule has 1 fully saturated rings. The summed E-state index contributed by atoms with van der Waals surface area (Å²) in [6.45, 7) is 5.60. The molecule has 0 spiro atoms. The van der Waals surface area contributed by atoms with Gasteiger partial charge in [-0.05, 0) is 19.8 Å². The van der Waals surface area contributed by atoms with E-state index in [1.54, 1.807) is 0 Å². The van der Waals surface area contributed by atoms with Gasteiger partial charge in [0.15, 0.2) is 5.96 Å². The summed E-state index contributed by atoms with van der Waals surface area (Å²) in [5.74, 6) is 1.13. The van der Waals surface area contributed by atoms with Gasteiger partial charge in [-0.25, -0.2) is 0 Å². The number of hydrogen-bond acceptors (Lipinski definition) is 3. The van der Waals surface area contributed by atoms with Crippen LogP contribution in [0.1, 0.15) is 19.8 Å². The van der Waals surface area contributed by atoms with Crippen LogP contribution in [0.4, 0.5) is 0 Å². The van der Waals surface area contributed by atoms with Gasteiger partial charge in [0.05, 0.1) is 0 Å². The van der Waals surface area contributed by atoms with Crippen molar-refractivity contribution < 1.29 is 0 Å². The summed E-state index contributed by atoms with van der Waals surface area (Å²) in [6, 6.07) is 0.614. The number of rotatable bonds is 0. The Kier molecular flexibility index (Phi) is 1.72. The average Bonchev–Trinajstić information content (AvgIpc) is 2.04. The fourth-order valence-electron chi connectivity index (χ4n) is 1.65. The van der Waals surface area contributed by atoms with Gasteiger partial charge < -0.3 is 10.2 Å². The molecule has 0 saturated carbocycles. The van der Waals surface area contributed by atoms with Crippen LogP contribution in [0, 0.1) is 0 Å². The molecule has 0 aromatic carbocycles. The minimum atomic E-state index is 0.614. The monoisotopic (exact) mass is 153 g/mol. The van der Waals surface area contributed by atoms with Crippen molar-refractivity contribution in [3.63, 3.8) is 0 Å². The van der Waals surface area contributed by atoms with Crippen LogP contribution in [-0.2, 0) is 0 Å². The first-order valence-corrected chi connectivity index (χ1v) is 4.42. The van der Waals surface area contributed by atoms with Crippen molar-refractivity contribution in [3.05, 3.63) is 0 Å². The second-order valence-corrected chi connectivity index (χ2v) is 3.38. The highest BCUT2D eigenvalue weighted by Crippen LogP contribution is 2.09. The largest absolute Gasteiger partial charge is 0.354 e. The van der Waals surface area contributed by atoms with E-state index < -0.39 is 0 Å². The number of nitrogens with one attached hydrogen (secondary N) is 1. The smallest absolute Gasteiger partial charge is 0.194 e. The average molecular weight is 153 g/mol. The van der Waals surface area contributed by atoms with Gasteiger partial charge >= 0.3 is 0 Å². The van der Waals surface area contributed by atoms with Crippen LogP contribution in [0.15, 0.2) is 4.99 Å². The summed E-state index contributed by atoms with van der Waals surface area (Å²) >= 11 is 0. The van der Waals surface area contributed by atoms with Crippen molar-refractivity contribution >= 4 is 5.96 Å². The molecule has 0 aromatic rings. The Balaban J connectivity index is 2.07. The van der Waals surface area contributed by atoms with E-state index in [2.05, 4.69) is 22.1 Å². The summed E-state index contributed by atoms with van der Waals surface area (Å²) in [4.78, 5) is 6.78. The molecule has 2 rings (SSSR count). The molecule has 0 amide bonds. The Morgan fingerprint density at radius 1 is 1.55 bits per heavy atom. The molecule has 1 unspecified atom stereocenters. The fourth-order valence-corrected chi connectivity index (χ4v) is 1.65. The van der Waals surface area contributed by atoms with Gasteiger partial charge in [0.2, 0.25) is 0 Å². The molecule has 1 N–H and O–H groups in total. The van der Waals surface area contributed by atoms with E-state index in [4.69, 9.17) is 0 Å². The Hall–Kier alpha value is -0.730. The molecule has 2 heterocycles. The Morgan fingerprint density at radius 3 is 3.36 bits per heavy atom. The van der Waals surface area contributed by atoms with Gasteiger partial charge in [-0.3, -0.25) is 4.99 Å². The predicted octanol–water partition coefficient (Wildman–Crippen LogP) is 0.430. The minimum Gasteiger partial charge on any atom is -0.354 e. The Labute approximate surface area is 67.5 Å². The van der Waals surface area contributed by atoms with Crippen molar-refractivity contribution in [2.45, 2.75) is 25.8 Å². The lowest BCUT2D eigenvalue weighted by Crippen LogP contribution is -2.53. The SMILES string of the molecule is CC1CCN2CCCN=C2N1. The first-order valence-electron chi connectivity index (χ1n) is 4.42. The van der Waals surface area contributed by atoms with Crippen LogP contribution in [0.5, 0.6) is 0 Å². The molecule has 0 aromatic heterocycles. The number of guanidine groups is 1. The lowest BCUT2D eigenvalue weighted by Gasteiger charge is -2.36. The molecule has 2 aliphatic heterocycles. The Morgan fingerprint density at radius 2 is 2.45 bits per heavy atom. The molecule has 0 bridgehead atoms. The van der Waals surface area contributed by atoms with Gasteiger partial charge in [0.1, 0.15) is 0 Å². The molecule has 0 radical (unpaired) electrons. The molecular weight excluding hydrogens is 138 g/mol. The number of nitrogens with zero attached hydrogens (tertiary/aromatic N) is 2. The third-order valence-electron chi connectivity index (χ3n) is 2.35. The maximum absolute atomic E-state index is 4.43. The summed E-state index contributed by atoms with van der Waals surface area (Å²) in [5, 5.41) is 3.39. The van der Waals surface area contributed by atoms with Crippen LogP contribution in [0.25, 0.3) is 0 Å². The number of aliphatic imine (C=N–C) groups is 1. The van der Waals surface area contributed by atoms with Crippen LogP contribution < -0.4 is 5.32 Å². The highest BCUT2D eigenvalue weighted by Gasteiger charge is 2.21. The van der Waals surface area contributed by atoms with Crippen molar-refractivity contribution in [3.8, 4) is 0 Å². The molecule has 11 heavy (non-hydrogen) atoms. The normalized spacial score (nSPS) is 30.5. The zero-order valence-corrected chi connectivity index (χ0v) is 7.01. The lowest BCUT2D eigenvalue weighted by molar-refractivity contribution is 0.317. The predicted molar refractivity (Wildman–Crippen MR) is 45.7 cm³/mol. The van der Waals surface area contributed by atoms with E-state index >= 15 is 0 Å². The summed E-state index contributed by atoms with van der Waals surface area (Å²) in [6.07, 6.45) is 2.47. The molecule has 2 aliphatic rings. The number of fused-ring (bicyclic) bond motifs is 1. The van der Waals surface area contributed by atoms with E-state index in [1.807, 2.05) is 0 Å². The highest BCUT2D eigenvalue weighted by molar-refractivity contribution is 5.81. The summed E-state index contributed by atoms with van der Waals surface area (Å²) < 4.78 is 0. The second-order valence-electron chi connectivity index (χ2n) is 3.38. The first kappa shape index (κ1) is 6.95. The zero-order chi connectivity index (χ0) is 7.68. The highest BCUT2D eigenvalue weighted by atomic mass is 15.3. The standard InChI is InChI=1S/C8H15N3/c1-7-3-6-11-5-2-4-9-8(11)10-7/h7H,2-6H2,1H3,(H,9,10). The van der Waals surface area contributed by atoms with Gasteiger partial charge in [-0.2, -0.15) is 0 Å². The molecular formula is C8H15N3. The van der Waals surface area contributed by atoms with Gasteiger partial charge in [-0.15, -0.1) is 0 Å².